The molecule has 2 rings (SSSR count). The Hall–Kier alpha value is -1.82. The van der Waals surface area contributed by atoms with Gasteiger partial charge < -0.3 is 5.73 Å². The average Bonchev–Trinajstić information content (AvgIpc) is 2.71. The van der Waals surface area contributed by atoms with E-state index in [4.69, 9.17) is 11.1 Å². The number of fused-ring (bicyclic) bond motifs is 1. The lowest BCUT2D eigenvalue weighted by Gasteiger charge is -2.13. The summed E-state index contributed by atoms with van der Waals surface area (Å²) >= 11 is 1.35. The van der Waals surface area contributed by atoms with E-state index < -0.39 is 0 Å². The van der Waals surface area contributed by atoms with E-state index >= 15 is 0 Å². The van der Waals surface area contributed by atoms with E-state index in [-0.39, 0.29) is 17.0 Å². The summed E-state index contributed by atoms with van der Waals surface area (Å²) in [6, 6.07) is 6.96. The van der Waals surface area contributed by atoms with Crippen LogP contribution in [-0.4, -0.2) is 34.2 Å². The van der Waals surface area contributed by atoms with Gasteiger partial charge in [0.1, 0.15) is 0 Å². The second kappa shape index (κ2) is 7.26. The first-order chi connectivity index (χ1) is 10.1. The number of carbonyl (C=O) groups excluding carboxylic acids is 2. The van der Waals surface area contributed by atoms with Crippen LogP contribution in [0.3, 0.4) is 0 Å². The molecule has 0 spiro atoms. The molecule has 0 bridgehead atoms. The van der Waals surface area contributed by atoms with Crippen molar-refractivity contribution in [2.45, 2.75) is 25.7 Å². The quantitative estimate of drug-likeness (QED) is 0.350. The second-order valence-electron chi connectivity index (χ2n) is 4.93. The summed E-state index contributed by atoms with van der Waals surface area (Å²) in [5, 5.41) is 7.25. The van der Waals surface area contributed by atoms with Gasteiger partial charge in [-0.1, -0.05) is 36.7 Å². The molecule has 3 N–H and O–H groups in total. The maximum atomic E-state index is 12.1. The van der Waals surface area contributed by atoms with Crippen LogP contribution in [-0.2, 0) is 0 Å². The summed E-state index contributed by atoms with van der Waals surface area (Å²) in [6.07, 6.45) is 3.79. The van der Waals surface area contributed by atoms with Gasteiger partial charge >= 0.3 is 0 Å². The molecular formula is C15H19N3O2S. The minimum atomic E-state index is -0.178. The zero-order chi connectivity index (χ0) is 15.2. The molecular weight excluding hydrogens is 286 g/mol. The van der Waals surface area contributed by atoms with E-state index in [1.165, 1.54) is 16.7 Å². The first kappa shape index (κ1) is 15.6. The van der Waals surface area contributed by atoms with E-state index in [0.717, 1.165) is 31.4 Å². The normalized spacial score (nSPS) is 13.6. The van der Waals surface area contributed by atoms with Gasteiger partial charge in [-0.2, -0.15) is 0 Å². The maximum Gasteiger partial charge on any atom is 0.261 e. The molecule has 0 aromatic heterocycles. The number of thioether (sulfide) groups is 1. The van der Waals surface area contributed by atoms with Crippen molar-refractivity contribution in [1.29, 1.82) is 5.41 Å². The SMILES string of the molecule is N=C(N)SCCCCCCN1C(=O)c2ccccc2C1=O. The summed E-state index contributed by atoms with van der Waals surface area (Å²) in [7, 11) is 0. The highest BCUT2D eigenvalue weighted by Crippen LogP contribution is 2.22. The monoisotopic (exact) mass is 305 g/mol. The fraction of sp³-hybridized carbons (Fsp3) is 0.400. The molecule has 1 aromatic rings. The van der Waals surface area contributed by atoms with Gasteiger partial charge in [0.15, 0.2) is 5.17 Å². The summed E-state index contributed by atoms with van der Waals surface area (Å²) in [6.45, 7) is 0.478. The highest BCUT2D eigenvalue weighted by molar-refractivity contribution is 8.13. The summed E-state index contributed by atoms with van der Waals surface area (Å²) in [5.41, 5.74) is 6.28. The molecule has 5 nitrogen and oxygen atoms in total. The van der Waals surface area contributed by atoms with E-state index in [1.54, 1.807) is 24.3 Å². The highest BCUT2D eigenvalue weighted by Gasteiger charge is 2.34. The molecule has 0 unspecified atom stereocenters. The number of hydrogen-bond acceptors (Lipinski definition) is 4. The molecule has 0 fully saturated rings. The van der Waals surface area contributed by atoms with E-state index in [2.05, 4.69) is 0 Å². The Morgan fingerprint density at radius 2 is 1.62 bits per heavy atom. The lowest BCUT2D eigenvalue weighted by molar-refractivity contribution is 0.0651. The molecule has 0 atom stereocenters. The largest absolute Gasteiger partial charge is 0.379 e. The number of rotatable bonds is 7. The molecule has 1 aromatic carbocycles. The van der Waals surface area contributed by atoms with Gasteiger partial charge in [-0.25, -0.2) is 0 Å². The summed E-state index contributed by atoms with van der Waals surface area (Å²) < 4.78 is 0. The smallest absolute Gasteiger partial charge is 0.261 e. The van der Waals surface area contributed by atoms with Crippen molar-refractivity contribution in [3.8, 4) is 0 Å². The first-order valence-electron chi connectivity index (χ1n) is 7.03. The standard InChI is InChI=1S/C15H19N3O2S/c16-15(17)21-10-6-2-1-5-9-18-13(19)11-7-3-4-8-12(11)14(18)20/h3-4,7-8H,1-2,5-6,9-10H2,(H3,16,17). The Bertz CT molecular complexity index is 525. The van der Waals surface area contributed by atoms with Gasteiger partial charge in [0, 0.05) is 12.3 Å². The zero-order valence-corrected chi connectivity index (χ0v) is 12.6. The Morgan fingerprint density at radius 1 is 1.05 bits per heavy atom. The van der Waals surface area contributed by atoms with Crippen molar-refractivity contribution in [3.05, 3.63) is 35.4 Å². The van der Waals surface area contributed by atoms with Crippen molar-refractivity contribution < 1.29 is 9.59 Å². The fourth-order valence-corrected chi connectivity index (χ4v) is 2.92. The molecule has 1 aliphatic heterocycles. The minimum Gasteiger partial charge on any atom is -0.379 e. The van der Waals surface area contributed by atoms with E-state index in [1.807, 2.05) is 0 Å². The molecule has 0 aliphatic carbocycles. The third-order valence-electron chi connectivity index (χ3n) is 3.41. The summed E-state index contributed by atoms with van der Waals surface area (Å²) in [4.78, 5) is 25.6. The van der Waals surface area contributed by atoms with Crippen molar-refractivity contribution >= 4 is 28.7 Å². The molecule has 2 amide bonds. The molecule has 6 heteroatoms. The Balaban J connectivity index is 1.72. The number of nitrogens with two attached hydrogens (primary N) is 1. The number of amidine groups is 1. The molecule has 1 heterocycles. The lowest BCUT2D eigenvalue weighted by atomic mass is 10.1. The molecule has 1 aliphatic rings. The van der Waals surface area contributed by atoms with Gasteiger partial charge in [0.2, 0.25) is 0 Å². The Kier molecular flexibility index (Phi) is 5.38. The number of carbonyl (C=O) groups is 2. The van der Waals surface area contributed by atoms with E-state index in [9.17, 15) is 9.59 Å². The van der Waals surface area contributed by atoms with Crippen LogP contribution in [0.1, 0.15) is 46.4 Å². The zero-order valence-electron chi connectivity index (χ0n) is 11.8. The predicted molar refractivity (Wildman–Crippen MR) is 84.6 cm³/mol. The predicted octanol–water partition coefficient (Wildman–Crippen LogP) is 2.47. The van der Waals surface area contributed by atoms with Crippen LogP contribution in [0.25, 0.3) is 0 Å². The first-order valence-corrected chi connectivity index (χ1v) is 8.02. The number of amides is 2. The van der Waals surface area contributed by atoms with Crippen molar-refractivity contribution in [2.75, 3.05) is 12.3 Å². The summed E-state index contributed by atoms with van der Waals surface area (Å²) in [5.74, 6) is 0.494. The number of benzene rings is 1. The number of imide groups is 1. The van der Waals surface area contributed by atoms with Crippen LogP contribution >= 0.6 is 11.8 Å². The maximum absolute atomic E-state index is 12.1. The van der Waals surface area contributed by atoms with Gasteiger partial charge in [-0.15, -0.1) is 0 Å². The minimum absolute atomic E-state index is 0.154. The second-order valence-corrected chi connectivity index (χ2v) is 6.07. The molecule has 112 valence electrons. The molecule has 21 heavy (non-hydrogen) atoms. The van der Waals surface area contributed by atoms with Crippen LogP contribution in [0.15, 0.2) is 24.3 Å². The van der Waals surface area contributed by atoms with Gasteiger partial charge in [0.25, 0.3) is 11.8 Å². The molecule has 0 radical (unpaired) electrons. The number of nitrogens with zero attached hydrogens (tertiary/aromatic N) is 1. The average molecular weight is 305 g/mol. The van der Waals surface area contributed by atoms with Crippen LogP contribution in [0, 0.1) is 5.41 Å². The van der Waals surface area contributed by atoms with Crippen LogP contribution in [0.4, 0.5) is 0 Å². The number of unbranched alkanes of at least 4 members (excludes halogenated alkanes) is 3. The van der Waals surface area contributed by atoms with Gasteiger partial charge in [0.05, 0.1) is 11.1 Å². The highest BCUT2D eigenvalue weighted by atomic mass is 32.2. The Labute approximate surface area is 128 Å². The number of nitrogens with one attached hydrogen (secondary N) is 1. The van der Waals surface area contributed by atoms with Gasteiger partial charge in [-0.3, -0.25) is 19.9 Å². The van der Waals surface area contributed by atoms with Crippen molar-refractivity contribution in [2.24, 2.45) is 5.73 Å². The number of hydrogen-bond donors (Lipinski definition) is 2. The van der Waals surface area contributed by atoms with E-state index in [0.29, 0.717) is 17.7 Å². The van der Waals surface area contributed by atoms with Crippen molar-refractivity contribution in [1.82, 2.24) is 4.90 Å². The van der Waals surface area contributed by atoms with Crippen LogP contribution in [0.5, 0.6) is 0 Å². The third-order valence-corrected chi connectivity index (χ3v) is 4.22. The van der Waals surface area contributed by atoms with Crippen LogP contribution < -0.4 is 5.73 Å². The third kappa shape index (κ3) is 3.85. The molecule has 0 saturated heterocycles. The Morgan fingerprint density at radius 3 is 2.19 bits per heavy atom. The van der Waals surface area contributed by atoms with Crippen molar-refractivity contribution in [3.63, 3.8) is 0 Å². The van der Waals surface area contributed by atoms with Crippen LogP contribution in [0.2, 0.25) is 0 Å². The molecule has 0 saturated carbocycles. The van der Waals surface area contributed by atoms with Gasteiger partial charge in [-0.05, 0) is 25.0 Å². The fourth-order valence-electron chi connectivity index (χ4n) is 2.35. The lowest BCUT2D eigenvalue weighted by Crippen LogP contribution is -2.30. The topological polar surface area (TPSA) is 87.2 Å².